The lowest BCUT2D eigenvalue weighted by molar-refractivity contribution is 0.166. The fourth-order valence-electron chi connectivity index (χ4n) is 3.70. The molecule has 4 rings (SSSR count). The molecular formula is C22H21ClN2O3S. The number of aliphatic hydroxyl groups is 1. The summed E-state index contributed by atoms with van der Waals surface area (Å²) in [6.45, 7) is 0.217. The van der Waals surface area contributed by atoms with Crippen molar-refractivity contribution in [3.8, 4) is 0 Å². The summed E-state index contributed by atoms with van der Waals surface area (Å²) in [5.74, 6) is 0. The summed E-state index contributed by atoms with van der Waals surface area (Å²) in [5.41, 5.74) is 2.48. The van der Waals surface area contributed by atoms with Gasteiger partial charge in [-0.15, -0.1) is 0 Å². The highest BCUT2D eigenvalue weighted by Crippen LogP contribution is 2.29. The van der Waals surface area contributed by atoms with Crippen LogP contribution < -0.4 is 4.31 Å². The van der Waals surface area contributed by atoms with Crippen LogP contribution in [-0.2, 0) is 16.6 Å². The summed E-state index contributed by atoms with van der Waals surface area (Å²) in [6.07, 6.45) is 0.231. The smallest absolute Gasteiger partial charge is 0.232 e. The minimum atomic E-state index is -3.57. The number of fused-ring (bicyclic) bond motifs is 3. The molecule has 0 aliphatic rings. The second kappa shape index (κ2) is 7.71. The van der Waals surface area contributed by atoms with Gasteiger partial charge in [-0.2, -0.15) is 0 Å². The number of aliphatic hydroxyl groups excluding tert-OH is 1. The van der Waals surface area contributed by atoms with Gasteiger partial charge in [0.05, 0.1) is 31.1 Å². The second-order valence-electron chi connectivity index (χ2n) is 7.07. The van der Waals surface area contributed by atoms with Gasteiger partial charge in [0.15, 0.2) is 0 Å². The van der Waals surface area contributed by atoms with Gasteiger partial charge in [-0.25, -0.2) is 8.42 Å². The van der Waals surface area contributed by atoms with Crippen LogP contribution in [0.5, 0.6) is 0 Å². The van der Waals surface area contributed by atoms with Crippen LogP contribution >= 0.6 is 11.6 Å². The normalized spacial score (nSPS) is 13.1. The maximum absolute atomic E-state index is 12.4. The quantitative estimate of drug-likeness (QED) is 0.498. The number of sulfonamides is 1. The van der Waals surface area contributed by atoms with Crippen LogP contribution in [0.15, 0.2) is 72.8 Å². The fourth-order valence-corrected chi connectivity index (χ4v) is 4.77. The molecule has 0 fully saturated rings. The molecule has 29 heavy (non-hydrogen) atoms. The number of halogens is 1. The highest BCUT2D eigenvalue weighted by molar-refractivity contribution is 7.92. The molecular weight excluding hydrogens is 408 g/mol. The number of benzene rings is 3. The molecule has 1 atom stereocenters. The number of nitrogens with zero attached hydrogens (tertiary/aromatic N) is 2. The van der Waals surface area contributed by atoms with Crippen molar-refractivity contribution in [1.82, 2.24) is 4.57 Å². The molecule has 7 heteroatoms. The lowest BCUT2D eigenvalue weighted by Gasteiger charge is -2.25. The van der Waals surface area contributed by atoms with E-state index in [0.717, 1.165) is 28.1 Å². The Hall–Kier alpha value is -2.54. The highest BCUT2D eigenvalue weighted by atomic mass is 35.5. The van der Waals surface area contributed by atoms with Crippen molar-refractivity contribution >= 4 is 49.1 Å². The monoisotopic (exact) mass is 428 g/mol. The minimum Gasteiger partial charge on any atom is -0.389 e. The van der Waals surface area contributed by atoms with Crippen LogP contribution in [0.1, 0.15) is 0 Å². The number of hydrogen-bond acceptors (Lipinski definition) is 3. The Bertz CT molecular complexity index is 1210. The van der Waals surface area contributed by atoms with Crippen molar-refractivity contribution in [2.45, 2.75) is 12.6 Å². The molecule has 0 radical (unpaired) electrons. The number of aromatic nitrogens is 1. The predicted octanol–water partition coefficient (Wildman–Crippen LogP) is 4.28. The van der Waals surface area contributed by atoms with E-state index in [2.05, 4.69) is 12.1 Å². The molecule has 3 aromatic carbocycles. The molecule has 0 spiro atoms. The average Bonchev–Trinajstić information content (AvgIpc) is 3.00. The molecule has 4 aromatic rings. The van der Waals surface area contributed by atoms with Gasteiger partial charge in [-0.05, 0) is 36.4 Å². The first-order chi connectivity index (χ1) is 13.8. The molecule has 1 N–H and O–H groups in total. The zero-order chi connectivity index (χ0) is 20.6. The molecule has 0 saturated heterocycles. The summed E-state index contributed by atoms with van der Waals surface area (Å²) in [7, 11) is -3.57. The van der Waals surface area contributed by atoms with Crippen LogP contribution in [0.25, 0.3) is 21.8 Å². The fraction of sp³-hybridized carbons (Fsp3) is 0.182. The number of para-hydroxylation sites is 2. The first-order valence-electron chi connectivity index (χ1n) is 9.22. The third-order valence-corrected chi connectivity index (χ3v) is 6.38. The third kappa shape index (κ3) is 3.96. The Morgan fingerprint density at radius 1 is 0.931 bits per heavy atom. The Morgan fingerprint density at radius 3 is 1.97 bits per heavy atom. The van der Waals surface area contributed by atoms with Gasteiger partial charge in [0, 0.05) is 26.8 Å². The van der Waals surface area contributed by atoms with Crippen molar-refractivity contribution in [2.75, 3.05) is 17.1 Å². The standard InChI is InChI=1S/C22H21ClN2O3S/c1-29(27,28)25(17-12-10-16(23)11-13-17)15-18(26)14-24-21-8-4-2-6-19(21)20-7-3-5-9-22(20)24/h2-13,18,26H,14-15H2,1H3/t18-/m1/s1. The van der Waals surface area contributed by atoms with Crippen molar-refractivity contribution in [3.05, 3.63) is 77.8 Å². The summed E-state index contributed by atoms with van der Waals surface area (Å²) >= 11 is 5.92. The van der Waals surface area contributed by atoms with E-state index in [1.54, 1.807) is 24.3 Å². The molecule has 0 aliphatic carbocycles. The Morgan fingerprint density at radius 2 is 1.45 bits per heavy atom. The Labute approximate surface area is 174 Å². The van der Waals surface area contributed by atoms with Gasteiger partial charge in [-0.3, -0.25) is 4.31 Å². The maximum Gasteiger partial charge on any atom is 0.232 e. The first-order valence-corrected chi connectivity index (χ1v) is 11.4. The zero-order valence-corrected chi connectivity index (χ0v) is 17.4. The lowest BCUT2D eigenvalue weighted by Crippen LogP contribution is -2.38. The number of anilines is 1. The van der Waals surface area contributed by atoms with E-state index in [0.29, 0.717) is 10.7 Å². The van der Waals surface area contributed by atoms with Crippen molar-refractivity contribution in [3.63, 3.8) is 0 Å². The van der Waals surface area contributed by atoms with E-state index in [1.807, 2.05) is 41.0 Å². The Balaban J connectivity index is 1.68. The first kappa shape index (κ1) is 19.8. The Kier molecular flexibility index (Phi) is 5.25. The molecule has 0 saturated carbocycles. The number of hydrogen-bond donors (Lipinski definition) is 1. The molecule has 0 unspecified atom stereocenters. The van der Waals surface area contributed by atoms with Gasteiger partial charge < -0.3 is 9.67 Å². The summed E-state index contributed by atoms with van der Waals surface area (Å²) in [4.78, 5) is 0. The van der Waals surface area contributed by atoms with Crippen LogP contribution in [0, 0.1) is 0 Å². The zero-order valence-electron chi connectivity index (χ0n) is 15.9. The van der Waals surface area contributed by atoms with E-state index < -0.39 is 16.1 Å². The third-order valence-electron chi connectivity index (χ3n) is 4.96. The van der Waals surface area contributed by atoms with Crippen molar-refractivity contribution < 1.29 is 13.5 Å². The average molecular weight is 429 g/mol. The van der Waals surface area contributed by atoms with Gasteiger partial charge in [0.25, 0.3) is 0 Å². The van der Waals surface area contributed by atoms with E-state index >= 15 is 0 Å². The lowest BCUT2D eigenvalue weighted by atomic mass is 10.2. The second-order valence-corrected chi connectivity index (χ2v) is 9.41. The van der Waals surface area contributed by atoms with E-state index in [-0.39, 0.29) is 13.1 Å². The van der Waals surface area contributed by atoms with Crippen LogP contribution in [-0.4, -0.2) is 37.0 Å². The summed E-state index contributed by atoms with van der Waals surface area (Å²) in [6, 6.07) is 22.6. The topological polar surface area (TPSA) is 62.5 Å². The summed E-state index contributed by atoms with van der Waals surface area (Å²) < 4.78 is 28.0. The minimum absolute atomic E-state index is 0.0543. The van der Waals surface area contributed by atoms with Gasteiger partial charge in [-0.1, -0.05) is 48.0 Å². The molecule has 0 aliphatic heterocycles. The molecule has 1 heterocycles. The summed E-state index contributed by atoms with van der Waals surface area (Å²) in [5, 5.41) is 13.6. The molecule has 0 bridgehead atoms. The van der Waals surface area contributed by atoms with Crippen molar-refractivity contribution in [2.24, 2.45) is 0 Å². The molecule has 1 aromatic heterocycles. The predicted molar refractivity (Wildman–Crippen MR) is 119 cm³/mol. The molecule has 0 amide bonds. The van der Waals surface area contributed by atoms with Crippen molar-refractivity contribution in [1.29, 1.82) is 0 Å². The van der Waals surface area contributed by atoms with Gasteiger partial charge in [0.1, 0.15) is 0 Å². The highest BCUT2D eigenvalue weighted by Gasteiger charge is 2.22. The molecule has 5 nitrogen and oxygen atoms in total. The number of rotatable bonds is 6. The van der Waals surface area contributed by atoms with Crippen LogP contribution in [0.2, 0.25) is 5.02 Å². The molecule has 150 valence electrons. The van der Waals surface area contributed by atoms with Crippen LogP contribution in [0.3, 0.4) is 0 Å². The van der Waals surface area contributed by atoms with Gasteiger partial charge in [0.2, 0.25) is 10.0 Å². The van der Waals surface area contributed by atoms with Crippen LogP contribution in [0.4, 0.5) is 5.69 Å². The van der Waals surface area contributed by atoms with E-state index in [1.165, 1.54) is 4.31 Å². The largest absolute Gasteiger partial charge is 0.389 e. The van der Waals surface area contributed by atoms with Gasteiger partial charge >= 0.3 is 0 Å². The SMILES string of the molecule is CS(=O)(=O)N(C[C@H](O)Cn1c2ccccc2c2ccccc21)c1ccc(Cl)cc1. The maximum atomic E-state index is 12.4. The van der Waals surface area contributed by atoms with E-state index in [4.69, 9.17) is 11.6 Å². The van der Waals surface area contributed by atoms with E-state index in [9.17, 15) is 13.5 Å².